The normalized spacial score (nSPS) is 15.3. The summed E-state index contributed by atoms with van der Waals surface area (Å²) >= 11 is 3.39. The summed E-state index contributed by atoms with van der Waals surface area (Å²) in [6.45, 7) is 3.88. The van der Waals surface area contributed by atoms with E-state index in [4.69, 9.17) is 4.74 Å². The van der Waals surface area contributed by atoms with Gasteiger partial charge < -0.3 is 9.84 Å². The van der Waals surface area contributed by atoms with Gasteiger partial charge in [-0.3, -0.25) is 5.01 Å². The number of ether oxygens (including phenoxy) is 1. The molecule has 1 N–H and O–H groups in total. The molecule has 29 heavy (non-hydrogen) atoms. The van der Waals surface area contributed by atoms with Gasteiger partial charge in [-0.25, -0.2) is 4.79 Å². The zero-order chi connectivity index (χ0) is 20.6. The van der Waals surface area contributed by atoms with Crippen molar-refractivity contribution in [2.24, 2.45) is 10.3 Å². The lowest BCUT2D eigenvalue weighted by Crippen LogP contribution is -2.09. The maximum Gasteiger partial charge on any atom is 0.338 e. The largest absolute Gasteiger partial charge is 0.462 e. The van der Waals surface area contributed by atoms with Crippen molar-refractivity contribution in [2.75, 3.05) is 19.7 Å². The zero-order valence-electron chi connectivity index (χ0n) is 16.3. The van der Waals surface area contributed by atoms with Crippen LogP contribution < -0.4 is 0 Å². The van der Waals surface area contributed by atoms with Crippen molar-refractivity contribution in [3.63, 3.8) is 0 Å². The van der Waals surface area contributed by atoms with Crippen LogP contribution in [0.15, 0.2) is 63.4 Å². The van der Waals surface area contributed by atoms with E-state index in [0.29, 0.717) is 23.4 Å². The minimum Gasteiger partial charge on any atom is -0.462 e. The Labute approximate surface area is 179 Å². The van der Waals surface area contributed by atoms with Crippen LogP contribution in [0.25, 0.3) is 6.08 Å². The van der Waals surface area contributed by atoms with Crippen molar-refractivity contribution in [1.82, 2.24) is 5.01 Å². The van der Waals surface area contributed by atoms with Gasteiger partial charge >= 0.3 is 5.97 Å². The van der Waals surface area contributed by atoms with Gasteiger partial charge in [0.05, 0.1) is 24.0 Å². The summed E-state index contributed by atoms with van der Waals surface area (Å²) in [5, 5.41) is 21.1. The predicted molar refractivity (Wildman–Crippen MR) is 116 cm³/mol. The molecule has 0 aliphatic carbocycles. The molecule has 152 valence electrons. The number of carbonyl (C=O) groups excluding carboxylic acids is 1. The summed E-state index contributed by atoms with van der Waals surface area (Å²) in [6.07, 6.45) is 4.88. The lowest BCUT2D eigenvalue weighted by atomic mass is 10.1. The lowest BCUT2D eigenvalue weighted by molar-refractivity contribution is 0.0526. The summed E-state index contributed by atoms with van der Waals surface area (Å²) in [6, 6.07) is 12.6. The Kier molecular flexibility index (Phi) is 7.55. The fourth-order valence-electron chi connectivity index (χ4n) is 2.99. The van der Waals surface area contributed by atoms with Crippen LogP contribution in [0.3, 0.4) is 0 Å². The van der Waals surface area contributed by atoms with Crippen LogP contribution >= 0.6 is 15.9 Å². The molecule has 0 radical (unpaired) electrons. The van der Waals surface area contributed by atoms with Crippen molar-refractivity contribution in [3.8, 4) is 0 Å². The fourth-order valence-corrected chi connectivity index (χ4v) is 3.25. The molecule has 1 atom stereocenters. The van der Waals surface area contributed by atoms with E-state index in [1.807, 2.05) is 29.3 Å². The van der Waals surface area contributed by atoms with Crippen molar-refractivity contribution in [2.45, 2.75) is 25.9 Å². The van der Waals surface area contributed by atoms with E-state index < -0.39 is 12.1 Å². The van der Waals surface area contributed by atoms with Crippen molar-refractivity contribution < 1.29 is 14.6 Å². The molecule has 2 aromatic rings. The van der Waals surface area contributed by atoms with Crippen LogP contribution in [0.2, 0.25) is 0 Å². The first kappa shape index (κ1) is 21.2. The monoisotopic (exact) mass is 457 g/mol. The molecule has 0 spiro atoms. The minimum atomic E-state index is -0.780. The highest BCUT2D eigenvalue weighted by molar-refractivity contribution is 9.10. The minimum absolute atomic E-state index is 0.308. The van der Waals surface area contributed by atoms with Crippen LogP contribution in [0.5, 0.6) is 0 Å². The Balaban J connectivity index is 1.86. The molecule has 0 aromatic heterocycles. The van der Waals surface area contributed by atoms with E-state index >= 15 is 0 Å². The summed E-state index contributed by atoms with van der Waals surface area (Å²) < 4.78 is 6.04. The Morgan fingerprint density at radius 1 is 1.24 bits per heavy atom. The molecule has 0 saturated carbocycles. The average Bonchev–Trinajstić information content (AvgIpc) is 3.25. The first-order chi connectivity index (χ1) is 14.1. The van der Waals surface area contributed by atoms with Gasteiger partial charge in [0.25, 0.3) is 0 Å². The number of halogens is 1. The van der Waals surface area contributed by atoms with Crippen molar-refractivity contribution in [3.05, 3.63) is 69.7 Å². The molecule has 0 bridgehead atoms. The van der Waals surface area contributed by atoms with E-state index in [1.54, 1.807) is 37.3 Å². The summed E-state index contributed by atoms with van der Waals surface area (Å²) in [5.74, 6) is -0.390. The summed E-state index contributed by atoms with van der Waals surface area (Å²) in [4.78, 5) is 12.1. The molecule has 1 aliphatic rings. The van der Waals surface area contributed by atoms with Gasteiger partial charge in [0.2, 0.25) is 0 Å². The molecule has 1 saturated heterocycles. The topological polar surface area (TPSA) is 74.5 Å². The smallest absolute Gasteiger partial charge is 0.338 e. The Bertz CT molecular complexity index is 891. The number of aliphatic hydroxyl groups excluding tert-OH is 1. The molecule has 1 unspecified atom stereocenters. The predicted octanol–water partition coefficient (Wildman–Crippen LogP) is 5.47. The van der Waals surface area contributed by atoms with Crippen LogP contribution in [-0.2, 0) is 4.74 Å². The van der Waals surface area contributed by atoms with E-state index in [1.165, 1.54) is 0 Å². The van der Waals surface area contributed by atoms with Crippen molar-refractivity contribution in [1.29, 1.82) is 0 Å². The highest BCUT2D eigenvalue weighted by Crippen LogP contribution is 2.26. The van der Waals surface area contributed by atoms with Crippen LogP contribution in [0.1, 0.15) is 47.4 Å². The molecule has 7 heteroatoms. The van der Waals surface area contributed by atoms with Crippen LogP contribution in [0.4, 0.5) is 5.69 Å². The second-order valence-corrected chi connectivity index (χ2v) is 7.62. The third-order valence-electron chi connectivity index (χ3n) is 4.57. The van der Waals surface area contributed by atoms with Gasteiger partial charge in [-0.15, -0.1) is 5.11 Å². The van der Waals surface area contributed by atoms with Gasteiger partial charge in [-0.05, 0) is 55.7 Å². The highest BCUT2D eigenvalue weighted by Gasteiger charge is 2.12. The van der Waals surface area contributed by atoms with Gasteiger partial charge in [-0.1, -0.05) is 45.4 Å². The van der Waals surface area contributed by atoms with Crippen LogP contribution in [-0.4, -0.2) is 35.8 Å². The number of aliphatic hydroxyl groups is 1. The third kappa shape index (κ3) is 5.98. The SMILES string of the molecule is CCOC(=O)c1ccc(N=NN2CCCC2)c(/C=C/C(O)c2ccc(Br)cc2)c1. The fraction of sp³-hybridized carbons (Fsp3) is 0.318. The van der Waals surface area contributed by atoms with E-state index in [-0.39, 0.29) is 0 Å². The second kappa shape index (κ2) is 10.3. The number of hydrogen-bond donors (Lipinski definition) is 1. The molecule has 1 aliphatic heterocycles. The number of nitrogens with zero attached hydrogens (tertiary/aromatic N) is 3. The first-order valence-electron chi connectivity index (χ1n) is 9.66. The maximum atomic E-state index is 12.1. The standard InChI is InChI=1S/C22H24BrN3O3/c1-2-29-22(28)18-7-11-20(24-25-26-13-3-4-14-26)17(15-18)8-12-21(27)16-5-9-19(23)10-6-16/h5-12,15,21,27H,2-4,13-14H2,1H3/b12-8+,25-24?. The first-order valence-corrected chi connectivity index (χ1v) is 10.5. The van der Waals surface area contributed by atoms with Gasteiger partial charge in [-0.2, -0.15) is 0 Å². The molecule has 0 amide bonds. The molecule has 3 rings (SSSR count). The van der Waals surface area contributed by atoms with Crippen LogP contribution in [0, 0.1) is 0 Å². The molecule has 1 fully saturated rings. The van der Waals surface area contributed by atoms with Crippen molar-refractivity contribution >= 4 is 33.7 Å². The lowest BCUT2D eigenvalue weighted by Gasteiger charge is -2.10. The number of esters is 1. The van der Waals surface area contributed by atoms with Gasteiger partial charge in [0, 0.05) is 23.1 Å². The number of carbonyl (C=O) groups is 1. The Morgan fingerprint density at radius 3 is 2.66 bits per heavy atom. The highest BCUT2D eigenvalue weighted by atomic mass is 79.9. The Morgan fingerprint density at radius 2 is 1.97 bits per heavy atom. The van der Waals surface area contributed by atoms with Gasteiger partial charge in [0.15, 0.2) is 0 Å². The zero-order valence-corrected chi connectivity index (χ0v) is 17.9. The third-order valence-corrected chi connectivity index (χ3v) is 5.10. The van der Waals surface area contributed by atoms with Gasteiger partial charge in [0.1, 0.15) is 0 Å². The molecule has 1 heterocycles. The molecular formula is C22H24BrN3O3. The molecule has 2 aromatic carbocycles. The number of benzene rings is 2. The molecule has 6 nitrogen and oxygen atoms in total. The quantitative estimate of drug-likeness (QED) is 0.441. The molecular weight excluding hydrogens is 434 g/mol. The second-order valence-electron chi connectivity index (χ2n) is 6.70. The maximum absolute atomic E-state index is 12.1. The average molecular weight is 458 g/mol. The summed E-state index contributed by atoms with van der Waals surface area (Å²) in [5.41, 5.74) is 2.52. The van der Waals surface area contributed by atoms with E-state index in [2.05, 4.69) is 26.3 Å². The summed E-state index contributed by atoms with van der Waals surface area (Å²) in [7, 11) is 0. The number of rotatable bonds is 7. The number of hydrogen-bond acceptors (Lipinski definition) is 5. The van der Waals surface area contributed by atoms with E-state index in [0.717, 1.165) is 36.0 Å². The van der Waals surface area contributed by atoms with E-state index in [9.17, 15) is 9.90 Å². The Hall–Kier alpha value is -2.51.